The Morgan fingerprint density at radius 3 is 2.62 bits per heavy atom. The van der Waals surface area contributed by atoms with Crippen molar-refractivity contribution in [3.8, 4) is 0 Å². The third-order valence-electron chi connectivity index (χ3n) is 2.23. The summed E-state index contributed by atoms with van der Waals surface area (Å²) >= 11 is 0. The molecule has 0 unspecified atom stereocenters. The third kappa shape index (κ3) is 2.41. The van der Waals surface area contributed by atoms with Crippen LogP contribution in [0.3, 0.4) is 0 Å². The van der Waals surface area contributed by atoms with Gasteiger partial charge in [-0.1, -0.05) is 0 Å². The molecule has 0 aliphatic heterocycles. The molecule has 0 aliphatic rings. The fourth-order valence-corrected chi connectivity index (χ4v) is 1.48. The van der Waals surface area contributed by atoms with Gasteiger partial charge < -0.3 is 14.4 Å². The van der Waals surface area contributed by atoms with Crippen molar-refractivity contribution in [1.82, 2.24) is 9.55 Å². The summed E-state index contributed by atoms with van der Waals surface area (Å²) in [5, 5.41) is 9.91. The maximum atomic E-state index is 11.8. The lowest BCUT2D eigenvalue weighted by atomic mass is 10.0. The van der Waals surface area contributed by atoms with E-state index in [2.05, 4.69) is 4.98 Å². The standard InChI is InChI=1S/C11H18N2O3/c1-5-13-7-12-9(11(3,4)15)8(13)10(14)16-6-2/h7,15H,5-6H2,1-4H3. The molecule has 1 heterocycles. The number of imidazole rings is 1. The zero-order chi connectivity index (χ0) is 12.3. The Kier molecular flexibility index (Phi) is 3.70. The van der Waals surface area contributed by atoms with Crippen LogP contribution in [0.25, 0.3) is 0 Å². The van der Waals surface area contributed by atoms with Crippen LogP contribution in [0.5, 0.6) is 0 Å². The van der Waals surface area contributed by atoms with Gasteiger partial charge in [0.15, 0.2) is 5.69 Å². The number of aromatic nitrogens is 2. The number of carbonyl (C=O) groups excluding carboxylic acids is 1. The van der Waals surface area contributed by atoms with Gasteiger partial charge in [0.1, 0.15) is 11.3 Å². The van der Waals surface area contributed by atoms with Crippen LogP contribution in [0.2, 0.25) is 0 Å². The molecule has 5 nitrogen and oxygen atoms in total. The first kappa shape index (κ1) is 12.7. The average Bonchev–Trinajstić information content (AvgIpc) is 2.60. The van der Waals surface area contributed by atoms with Crippen molar-refractivity contribution < 1.29 is 14.6 Å². The van der Waals surface area contributed by atoms with Crippen molar-refractivity contribution in [3.05, 3.63) is 17.7 Å². The van der Waals surface area contributed by atoms with Gasteiger partial charge in [0.05, 0.1) is 12.9 Å². The number of aryl methyl sites for hydroxylation is 1. The topological polar surface area (TPSA) is 64.3 Å². The summed E-state index contributed by atoms with van der Waals surface area (Å²) in [6.45, 7) is 7.75. The number of ether oxygens (including phenoxy) is 1. The van der Waals surface area contributed by atoms with E-state index in [0.717, 1.165) is 0 Å². The number of aliphatic hydroxyl groups is 1. The minimum absolute atomic E-state index is 0.305. The van der Waals surface area contributed by atoms with E-state index >= 15 is 0 Å². The van der Waals surface area contributed by atoms with Crippen molar-refractivity contribution >= 4 is 5.97 Å². The lowest BCUT2D eigenvalue weighted by Crippen LogP contribution is -2.23. The second kappa shape index (κ2) is 4.65. The van der Waals surface area contributed by atoms with Crippen LogP contribution in [0.15, 0.2) is 6.33 Å². The molecule has 1 N–H and O–H groups in total. The molecule has 1 aromatic heterocycles. The van der Waals surface area contributed by atoms with Gasteiger partial charge in [-0.3, -0.25) is 0 Å². The Morgan fingerprint density at radius 2 is 2.19 bits per heavy atom. The minimum Gasteiger partial charge on any atom is -0.461 e. The average molecular weight is 226 g/mol. The normalized spacial score (nSPS) is 11.6. The SMILES string of the molecule is CCOC(=O)c1c(C(C)(C)O)ncn1CC. The predicted molar refractivity (Wildman–Crippen MR) is 59.1 cm³/mol. The van der Waals surface area contributed by atoms with E-state index in [4.69, 9.17) is 4.74 Å². The number of esters is 1. The van der Waals surface area contributed by atoms with Crippen LogP contribution in [-0.4, -0.2) is 27.2 Å². The molecule has 0 radical (unpaired) electrons. The van der Waals surface area contributed by atoms with Crippen LogP contribution in [0.4, 0.5) is 0 Å². The summed E-state index contributed by atoms with van der Waals surface area (Å²) in [5.74, 6) is -0.445. The van der Waals surface area contributed by atoms with E-state index in [1.54, 1.807) is 31.7 Å². The largest absolute Gasteiger partial charge is 0.461 e. The smallest absolute Gasteiger partial charge is 0.357 e. The molecule has 0 fully saturated rings. The first-order valence-corrected chi connectivity index (χ1v) is 5.36. The van der Waals surface area contributed by atoms with E-state index < -0.39 is 11.6 Å². The maximum Gasteiger partial charge on any atom is 0.357 e. The summed E-state index contributed by atoms with van der Waals surface area (Å²) < 4.78 is 6.63. The highest BCUT2D eigenvalue weighted by Gasteiger charge is 2.29. The van der Waals surface area contributed by atoms with Crippen molar-refractivity contribution in [2.24, 2.45) is 0 Å². The van der Waals surface area contributed by atoms with Gasteiger partial charge >= 0.3 is 5.97 Å². The van der Waals surface area contributed by atoms with Gasteiger partial charge in [0.25, 0.3) is 0 Å². The Morgan fingerprint density at radius 1 is 1.56 bits per heavy atom. The van der Waals surface area contributed by atoms with E-state index in [1.165, 1.54) is 0 Å². The Hall–Kier alpha value is -1.36. The highest BCUT2D eigenvalue weighted by molar-refractivity contribution is 5.89. The summed E-state index contributed by atoms with van der Waals surface area (Å²) in [4.78, 5) is 15.8. The molecule has 90 valence electrons. The zero-order valence-corrected chi connectivity index (χ0v) is 10.1. The molecular weight excluding hydrogens is 208 g/mol. The zero-order valence-electron chi connectivity index (χ0n) is 10.1. The van der Waals surface area contributed by atoms with Crippen molar-refractivity contribution in [2.45, 2.75) is 39.8 Å². The van der Waals surface area contributed by atoms with Crippen LogP contribution in [0, 0.1) is 0 Å². The molecule has 0 aliphatic carbocycles. The van der Waals surface area contributed by atoms with E-state index in [-0.39, 0.29) is 0 Å². The van der Waals surface area contributed by atoms with Gasteiger partial charge in [-0.05, 0) is 27.7 Å². The van der Waals surface area contributed by atoms with E-state index in [9.17, 15) is 9.90 Å². The number of carbonyl (C=O) groups is 1. The molecule has 5 heteroatoms. The lowest BCUT2D eigenvalue weighted by Gasteiger charge is -2.16. The Balaban J connectivity index is 3.21. The molecule has 1 rings (SSSR count). The number of rotatable bonds is 4. The summed E-state index contributed by atoms with van der Waals surface area (Å²) in [5.41, 5.74) is -0.465. The molecule has 0 spiro atoms. The van der Waals surface area contributed by atoms with Crippen molar-refractivity contribution in [2.75, 3.05) is 6.61 Å². The summed E-state index contributed by atoms with van der Waals surface area (Å²) in [6.07, 6.45) is 1.54. The molecule has 0 atom stereocenters. The number of hydrogen-bond donors (Lipinski definition) is 1. The molecule has 0 saturated carbocycles. The summed E-state index contributed by atoms with van der Waals surface area (Å²) in [7, 11) is 0. The highest BCUT2D eigenvalue weighted by Crippen LogP contribution is 2.22. The molecule has 0 amide bonds. The second-order valence-electron chi connectivity index (χ2n) is 4.01. The van der Waals surface area contributed by atoms with Gasteiger partial charge in [0.2, 0.25) is 0 Å². The van der Waals surface area contributed by atoms with Crippen LogP contribution < -0.4 is 0 Å². The molecule has 16 heavy (non-hydrogen) atoms. The highest BCUT2D eigenvalue weighted by atomic mass is 16.5. The van der Waals surface area contributed by atoms with Gasteiger partial charge in [-0.25, -0.2) is 9.78 Å². The third-order valence-corrected chi connectivity index (χ3v) is 2.23. The van der Waals surface area contributed by atoms with Crippen LogP contribution >= 0.6 is 0 Å². The van der Waals surface area contributed by atoms with Crippen LogP contribution in [-0.2, 0) is 16.9 Å². The monoisotopic (exact) mass is 226 g/mol. The maximum absolute atomic E-state index is 11.8. The van der Waals surface area contributed by atoms with Gasteiger partial charge in [-0.15, -0.1) is 0 Å². The summed E-state index contributed by atoms with van der Waals surface area (Å²) in [6, 6.07) is 0. The first-order chi connectivity index (χ1) is 7.41. The van der Waals surface area contributed by atoms with E-state index in [1.807, 2.05) is 6.92 Å². The predicted octanol–water partition coefficient (Wildman–Crippen LogP) is 1.31. The second-order valence-corrected chi connectivity index (χ2v) is 4.01. The minimum atomic E-state index is -1.15. The fourth-order valence-electron chi connectivity index (χ4n) is 1.48. The first-order valence-electron chi connectivity index (χ1n) is 5.36. The Bertz CT molecular complexity index is 377. The lowest BCUT2D eigenvalue weighted by molar-refractivity contribution is 0.0468. The van der Waals surface area contributed by atoms with E-state index in [0.29, 0.717) is 24.5 Å². The molecular formula is C11H18N2O3. The van der Waals surface area contributed by atoms with Crippen molar-refractivity contribution in [3.63, 3.8) is 0 Å². The number of hydrogen-bond acceptors (Lipinski definition) is 4. The van der Waals surface area contributed by atoms with Crippen molar-refractivity contribution in [1.29, 1.82) is 0 Å². The molecule has 0 aromatic carbocycles. The number of nitrogens with zero attached hydrogens (tertiary/aromatic N) is 2. The molecule has 1 aromatic rings. The van der Waals surface area contributed by atoms with Gasteiger partial charge in [0, 0.05) is 6.54 Å². The van der Waals surface area contributed by atoms with Crippen LogP contribution in [0.1, 0.15) is 43.9 Å². The quantitative estimate of drug-likeness (QED) is 0.786. The van der Waals surface area contributed by atoms with Gasteiger partial charge in [-0.2, -0.15) is 0 Å². The molecule has 0 saturated heterocycles. The fraction of sp³-hybridized carbons (Fsp3) is 0.636. The molecule has 0 bridgehead atoms. The Labute approximate surface area is 95.1 Å².